The van der Waals surface area contributed by atoms with Crippen molar-refractivity contribution >= 4 is 10.9 Å². The number of benzene rings is 1. The first kappa shape index (κ1) is 10.5. The lowest BCUT2D eigenvalue weighted by atomic mass is 10.2. The van der Waals surface area contributed by atoms with Crippen LogP contribution in [0.5, 0.6) is 6.01 Å². The lowest BCUT2D eigenvalue weighted by Gasteiger charge is -2.01. The van der Waals surface area contributed by atoms with E-state index in [1.54, 1.807) is 18.2 Å². The summed E-state index contributed by atoms with van der Waals surface area (Å²) in [5.41, 5.74) is 1.37. The number of nitrogens with one attached hydrogen (secondary N) is 1. The number of ether oxygens (including phenoxy) is 1. The largest absolute Gasteiger partial charge is 0.465 e. The van der Waals surface area contributed by atoms with Crippen LogP contribution in [0.4, 0.5) is 0 Å². The molecule has 0 amide bonds. The lowest BCUT2D eigenvalue weighted by Crippen LogP contribution is -2.03. The third kappa shape index (κ3) is 1.71. The van der Waals surface area contributed by atoms with Gasteiger partial charge in [-0.15, -0.1) is 4.80 Å². The highest BCUT2D eigenvalue weighted by Gasteiger charge is 2.05. The Kier molecular flexibility index (Phi) is 2.30. The standard InChI is InChI=1S/C11H9N5O2/c1-18-11-13-15-16(14-11)8-3-4-9-7(6-8)2-5-10(17)12-9/h2-6H,1H3,(H,12,17). The molecule has 7 heteroatoms. The number of H-pyrrole nitrogens is 1. The molecule has 2 heterocycles. The number of hydrogen-bond acceptors (Lipinski definition) is 5. The third-order valence-electron chi connectivity index (χ3n) is 2.52. The predicted molar refractivity (Wildman–Crippen MR) is 63.8 cm³/mol. The molecule has 0 saturated heterocycles. The topological polar surface area (TPSA) is 85.7 Å². The van der Waals surface area contributed by atoms with Crippen molar-refractivity contribution < 1.29 is 4.74 Å². The summed E-state index contributed by atoms with van der Waals surface area (Å²) >= 11 is 0. The second kappa shape index (κ2) is 3.95. The summed E-state index contributed by atoms with van der Waals surface area (Å²) < 4.78 is 4.87. The molecule has 0 radical (unpaired) electrons. The van der Waals surface area contributed by atoms with Crippen molar-refractivity contribution in [3.63, 3.8) is 0 Å². The number of pyridine rings is 1. The Balaban J connectivity index is 2.13. The highest BCUT2D eigenvalue weighted by molar-refractivity contribution is 5.80. The molecule has 0 bridgehead atoms. The minimum atomic E-state index is -0.129. The van der Waals surface area contributed by atoms with Crippen LogP contribution >= 0.6 is 0 Å². The van der Waals surface area contributed by atoms with Gasteiger partial charge in [-0.1, -0.05) is 10.2 Å². The maximum absolute atomic E-state index is 11.2. The van der Waals surface area contributed by atoms with E-state index in [1.165, 1.54) is 18.0 Å². The molecule has 0 spiro atoms. The summed E-state index contributed by atoms with van der Waals surface area (Å²) in [6.45, 7) is 0. The first-order valence-corrected chi connectivity index (χ1v) is 5.24. The molecule has 1 aromatic carbocycles. The van der Waals surface area contributed by atoms with Gasteiger partial charge in [-0.2, -0.15) is 0 Å². The number of hydrogen-bond donors (Lipinski definition) is 1. The van der Waals surface area contributed by atoms with E-state index < -0.39 is 0 Å². The summed E-state index contributed by atoms with van der Waals surface area (Å²) in [7, 11) is 1.48. The van der Waals surface area contributed by atoms with E-state index in [-0.39, 0.29) is 11.6 Å². The summed E-state index contributed by atoms with van der Waals surface area (Å²) in [5, 5.41) is 12.5. The van der Waals surface area contributed by atoms with Crippen LogP contribution in [0.3, 0.4) is 0 Å². The summed E-state index contributed by atoms with van der Waals surface area (Å²) in [4.78, 5) is 15.3. The van der Waals surface area contributed by atoms with Gasteiger partial charge in [0.05, 0.1) is 12.8 Å². The lowest BCUT2D eigenvalue weighted by molar-refractivity contribution is 0.379. The summed E-state index contributed by atoms with van der Waals surface area (Å²) in [5.74, 6) is 0. The maximum Gasteiger partial charge on any atom is 0.356 e. The van der Waals surface area contributed by atoms with Crippen molar-refractivity contribution in [1.29, 1.82) is 0 Å². The molecule has 90 valence electrons. The smallest absolute Gasteiger partial charge is 0.356 e. The number of nitrogens with zero attached hydrogens (tertiary/aromatic N) is 4. The Morgan fingerprint density at radius 1 is 1.28 bits per heavy atom. The van der Waals surface area contributed by atoms with Crippen LogP contribution in [-0.4, -0.2) is 32.3 Å². The average molecular weight is 243 g/mol. The number of aromatic nitrogens is 5. The zero-order chi connectivity index (χ0) is 12.5. The molecule has 1 N–H and O–H groups in total. The molecule has 7 nitrogen and oxygen atoms in total. The number of rotatable bonds is 2. The Labute approximate surface area is 101 Å². The SMILES string of the molecule is COc1nnn(-c2ccc3[nH]c(=O)ccc3c2)n1. The molecular formula is C11H9N5O2. The minimum absolute atomic E-state index is 0.129. The van der Waals surface area contributed by atoms with Crippen molar-refractivity contribution in [1.82, 2.24) is 25.2 Å². The average Bonchev–Trinajstić information content (AvgIpc) is 2.87. The third-order valence-corrected chi connectivity index (χ3v) is 2.52. The molecular weight excluding hydrogens is 234 g/mol. The molecule has 3 aromatic rings. The van der Waals surface area contributed by atoms with Gasteiger partial charge in [-0.25, -0.2) is 0 Å². The van der Waals surface area contributed by atoms with Gasteiger partial charge in [0.1, 0.15) is 0 Å². The van der Waals surface area contributed by atoms with E-state index in [0.717, 1.165) is 16.6 Å². The van der Waals surface area contributed by atoms with Gasteiger partial charge in [0.25, 0.3) is 0 Å². The zero-order valence-corrected chi connectivity index (χ0v) is 9.49. The van der Waals surface area contributed by atoms with Crippen LogP contribution in [0, 0.1) is 0 Å². The van der Waals surface area contributed by atoms with Gasteiger partial charge < -0.3 is 9.72 Å². The van der Waals surface area contributed by atoms with Crippen molar-refractivity contribution in [2.75, 3.05) is 7.11 Å². The van der Waals surface area contributed by atoms with Crippen molar-refractivity contribution in [2.45, 2.75) is 0 Å². The maximum atomic E-state index is 11.2. The van der Waals surface area contributed by atoms with Crippen LogP contribution in [0.1, 0.15) is 0 Å². The van der Waals surface area contributed by atoms with Gasteiger partial charge in [0.15, 0.2) is 0 Å². The van der Waals surface area contributed by atoms with Crippen molar-refractivity contribution in [3.8, 4) is 11.7 Å². The first-order valence-electron chi connectivity index (χ1n) is 5.24. The Hall–Kier alpha value is -2.70. The molecule has 0 aliphatic carbocycles. The van der Waals surface area contributed by atoms with E-state index >= 15 is 0 Å². The van der Waals surface area contributed by atoms with Crippen LogP contribution < -0.4 is 10.3 Å². The predicted octanol–water partition coefficient (Wildman–Crippen LogP) is 0.512. The molecule has 0 unspecified atom stereocenters. The van der Waals surface area contributed by atoms with E-state index in [0.29, 0.717) is 0 Å². The zero-order valence-electron chi connectivity index (χ0n) is 9.49. The molecule has 2 aromatic heterocycles. The number of methoxy groups -OCH3 is 1. The van der Waals surface area contributed by atoms with Crippen LogP contribution in [-0.2, 0) is 0 Å². The summed E-state index contributed by atoms with van der Waals surface area (Å²) in [6, 6.07) is 8.86. The van der Waals surface area contributed by atoms with Crippen molar-refractivity contribution in [3.05, 3.63) is 40.7 Å². The quantitative estimate of drug-likeness (QED) is 0.708. The van der Waals surface area contributed by atoms with Crippen molar-refractivity contribution in [2.24, 2.45) is 0 Å². The number of aromatic amines is 1. The molecule has 3 rings (SSSR count). The second-order valence-electron chi connectivity index (χ2n) is 3.66. The Morgan fingerprint density at radius 2 is 2.17 bits per heavy atom. The molecule has 18 heavy (non-hydrogen) atoms. The molecule has 0 saturated carbocycles. The Morgan fingerprint density at radius 3 is 2.94 bits per heavy atom. The second-order valence-corrected chi connectivity index (χ2v) is 3.66. The van der Waals surface area contributed by atoms with Gasteiger partial charge in [0, 0.05) is 17.0 Å². The van der Waals surface area contributed by atoms with E-state index in [9.17, 15) is 4.79 Å². The van der Waals surface area contributed by atoms with Gasteiger partial charge >= 0.3 is 6.01 Å². The number of fused-ring (bicyclic) bond motifs is 1. The van der Waals surface area contributed by atoms with E-state index in [4.69, 9.17) is 4.74 Å². The van der Waals surface area contributed by atoms with E-state index in [2.05, 4.69) is 20.4 Å². The molecule has 0 fully saturated rings. The molecule has 0 atom stereocenters. The molecule has 0 aliphatic rings. The minimum Gasteiger partial charge on any atom is -0.465 e. The molecule has 0 aliphatic heterocycles. The first-order chi connectivity index (χ1) is 8.76. The fraction of sp³-hybridized carbons (Fsp3) is 0.0909. The van der Waals surface area contributed by atoms with Gasteiger partial charge in [0.2, 0.25) is 5.56 Å². The van der Waals surface area contributed by atoms with Crippen LogP contribution in [0.15, 0.2) is 35.1 Å². The van der Waals surface area contributed by atoms with Gasteiger partial charge in [-0.05, 0) is 29.5 Å². The summed E-state index contributed by atoms with van der Waals surface area (Å²) in [6.07, 6.45) is 0. The van der Waals surface area contributed by atoms with Gasteiger partial charge in [-0.3, -0.25) is 4.79 Å². The highest BCUT2D eigenvalue weighted by atomic mass is 16.5. The van der Waals surface area contributed by atoms with Crippen LogP contribution in [0.25, 0.3) is 16.6 Å². The fourth-order valence-electron chi connectivity index (χ4n) is 1.66. The monoisotopic (exact) mass is 243 g/mol. The highest BCUT2D eigenvalue weighted by Crippen LogP contribution is 2.14. The fourth-order valence-corrected chi connectivity index (χ4v) is 1.66. The normalized spacial score (nSPS) is 10.7. The Bertz CT molecular complexity index is 761. The number of tetrazole rings is 1. The van der Waals surface area contributed by atoms with E-state index in [1.807, 2.05) is 6.07 Å². The van der Waals surface area contributed by atoms with Crippen LogP contribution in [0.2, 0.25) is 0 Å².